The topological polar surface area (TPSA) is 12.5 Å². The number of rotatable bonds is 8. The summed E-state index contributed by atoms with van der Waals surface area (Å²) in [7, 11) is 0. The van der Waals surface area contributed by atoms with Gasteiger partial charge >= 0.3 is 0 Å². The number of aryl methyl sites for hydroxylation is 1. The van der Waals surface area contributed by atoms with Crippen LogP contribution >= 0.6 is 0 Å². The summed E-state index contributed by atoms with van der Waals surface area (Å²) in [4.78, 5) is 2.30. The molecule has 1 fully saturated rings. The summed E-state index contributed by atoms with van der Waals surface area (Å²) in [6, 6.07) is 4.14. The predicted molar refractivity (Wildman–Crippen MR) is 100 cm³/mol. The van der Waals surface area contributed by atoms with Gasteiger partial charge in [0.05, 0.1) is 12.2 Å². The number of morpholine rings is 1. The van der Waals surface area contributed by atoms with Gasteiger partial charge in [0.15, 0.2) is 0 Å². The summed E-state index contributed by atoms with van der Waals surface area (Å²) in [6.07, 6.45) is 8.08. The molecule has 1 aromatic carbocycles. The van der Waals surface area contributed by atoms with Crippen LogP contribution in [0.4, 0.5) is 10.1 Å². The molecule has 1 heterocycles. The van der Waals surface area contributed by atoms with Crippen molar-refractivity contribution < 1.29 is 9.13 Å². The molecule has 2 rings (SSSR count). The molecule has 0 N–H and O–H groups in total. The van der Waals surface area contributed by atoms with Crippen LogP contribution in [0.15, 0.2) is 12.1 Å². The molecule has 2 atom stereocenters. The summed E-state index contributed by atoms with van der Waals surface area (Å²) < 4.78 is 20.8. The maximum absolute atomic E-state index is 15.0. The molecule has 1 aromatic rings. The van der Waals surface area contributed by atoms with E-state index in [1.807, 2.05) is 6.07 Å². The number of hydrogen-bond acceptors (Lipinski definition) is 2. The number of hydrogen-bond donors (Lipinski definition) is 0. The molecule has 1 aliphatic rings. The molecule has 1 saturated heterocycles. The Bertz CT molecular complexity index is 507. The number of benzene rings is 1. The van der Waals surface area contributed by atoms with Crippen molar-refractivity contribution >= 4 is 5.69 Å². The van der Waals surface area contributed by atoms with Gasteiger partial charge in [-0.3, -0.25) is 0 Å². The van der Waals surface area contributed by atoms with Crippen molar-refractivity contribution in [2.75, 3.05) is 18.0 Å². The van der Waals surface area contributed by atoms with Crippen LogP contribution in [0.5, 0.6) is 0 Å². The van der Waals surface area contributed by atoms with Crippen LogP contribution in [-0.2, 0) is 17.6 Å². The Morgan fingerprint density at radius 3 is 2.33 bits per heavy atom. The van der Waals surface area contributed by atoms with E-state index in [2.05, 4.69) is 38.7 Å². The molecule has 0 unspecified atom stereocenters. The van der Waals surface area contributed by atoms with Gasteiger partial charge in [-0.1, -0.05) is 45.6 Å². The molecule has 0 amide bonds. The van der Waals surface area contributed by atoms with E-state index < -0.39 is 0 Å². The Morgan fingerprint density at radius 2 is 1.71 bits per heavy atom. The average molecular weight is 336 g/mol. The molecular formula is C21H34FNO. The molecule has 0 radical (unpaired) electrons. The summed E-state index contributed by atoms with van der Waals surface area (Å²) >= 11 is 0. The van der Waals surface area contributed by atoms with Gasteiger partial charge in [0.2, 0.25) is 0 Å². The Labute approximate surface area is 147 Å². The normalized spacial score (nSPS) is 21.3. The zero-order valence-corrected chi connectivity index (χ0v) is 15.9. The fraction of sp³-hybridized carbons (Fsp3) is 0.714. The second-order valence-corrected chi connectivity index (χ2v) is 7.22. The Kier molecular flexibility index (Phi) is 7.54. The summed E-state index contributed by atoms with van der Waals surface area (Å²) in [5.74, 6) is 0.0253. The molecular weight excluding hydrogens is 301 g/mol. The molecule has 0 saturated carbocycles. The fourth-order valence-electron chi connectivity index (χ4n) is 3.78. The van der Waals surface area contributed by atoms with E-state index >= 15 is 4.39 Å². The number of nitrogens with zero attached hydrogens (tertiary/aromatic N) is 1. The van der Waals surface area contributed by atoms with Crippen LogP contribution in [0.2, 0.25) is 0 Å². The van der Waals surface area contributed by atoms with Crippen LogP contribution in [0.25, 0.3) is 0 Å². The molecule has 2 nitrogen and oxygen atoms in total. The van der Waals surface area contributed by atoms with Crippen molar-refractivity contribution in [3.63, 3.8) is 0 Å². The van der Waals surface area contributed by atoms with Crippen molar-refractivity contribution in [1.29, 1.82) is 0 Å². The third-order valence-corrected chi connectivity index (χ3v) is 4.96. The van der Waals surface area contributed by atoms with Gasteiger partial charge in [-0.2, -0.15) is 0 Å². The minimum Gasteiger partial charge on any atom is -0.372 e. The standard InChI is InChI=1S/C21H34FNO/c1-5-7-8-9-10-11-18-12-13-20(19(6-2)21(18)22)23-14-16(3)24-17(4)15-23/h12-13,16-17H,5-11,14-15H2,1-4H3/t16-,17+. The van der Waals surface area contributed by atoms with Gasteiger partial charge in [-0.05, 0) is 44.7 Å². The molecule has 136 valence electrons. The molecule has 0 aromatic heterocycles. The quantitative estimate of drug-likeness (QED) is 0.580. The highest BCUT2D eigenvalue weighted by atomic mass is 19.1. The molecule has 3 heteroatoms. The smallest absolute Gasteiger partial charge is 0.131 e. The van der Waals surface area contributed by atoms with Gasteiger partial charge in [-0.25, -0.2) is 4.39 Å². The second kappa shape index (κ2) is 9.41. The maximum atomic E-state index is 15.0. The number of anilines is 1. The minimum atomic E-state index is 0.0253. The predicted octanol–water partition coefficient (Wildman–Crippen LogP) is 5.51. The van der Waals surface area contributed by atoms with Crippen molar-refractivity contribution in [2.45, 2.75) is 84.8 Å². The Morgan fingerprint density at radius 1 is 1.04 bits per heavy atom. The molecule has 0 spiro atoms. The van der Waals surface area contributed by atoms with Crippen LogP contribution in [-0.4, -0.2) is 25.3 Å². The summed E-state index contributed by atoms with van der Waals surface area (Å²) in [5, 5.41) is 0. The van der Waals surface area contributed by atoms with Gasteiger partial charge in [0, 0.05) is 24.3 Å². The van der Waals surface area contributed by atoms with Crippen molar-refractivity contribution in [3.8, 4) is 0 Å². The first kappa shape index (κ1) is 19.2. The van der Waals surface area contributed by atoms with Crippen LogP contribution in [0, 0.1) is 5.82 Å². The van der Waals surface area contributed by atoms with E-state index in [0.717, 1.165) is 49.2 Å². The highest BCUT2D eigenvalue weighted by Gasteiger charge is 2.25. The second-order valence-electron chi connectivity index (χ2n) is 7.22. The van der Waals surface area contributed by atoms with Crippen LogP contribution in [0.3, 0.4) is 0 Å². The van der Waals surface area contributed by atoms with Crippen molar-refractivity contribution in [2.24, 2.45) is 0 Å². The van der Waals surface area contributed by atoms with E-state index in [-0.39, 0.29) is 18.0 Å². The lowest BCUT2D eigenvalue weighted by atomic mass is 9.99. The van der Waals surface area contributed by atoms with Gasteiger partial charge in [0.1, 0.15) is 5.82 Å². The fourth-order valence-corrected chi connectivity index (χ4v) is 3.78. The lowest BCUT2D eigenvalue weighted by Crippen LogP contribution is -2.46. The van der Waals surface area contributed by atoms with E-state index in [9.17, 15) is 0 Å². The number of halogens is 1. The first-order chi connectivity index (χ1) is 11.6. The minimum absolute atomic E-state index is 0.0253. The third-order valence-electron chi connectivity index (χ3n) is 4.96. The van der Waals surface area contributed by atoms with Crippen LogP contribution in [0.1, 0.15) is 70.9 Å². The molecule has 0 bridgehead atoms. The first-order valence-electron chi connectivity index (χ1n) is 9.77. The maximum Gasteiger partial charge on any atom is 0.131 e. The average Bonchev–Trinajstić information content (AvgIpc) is 2.54. The lowest BCUT2D eigenvalue weighted by molar-refractivity contribution is -0.00528. The van der Waals surface area contributed by atoms with E-state index in [1.54, 1.807) is 0 Å². The third kappa shape index (κ3) is 4.95. The van der Waals surface area contributed by atoms with E-state index in [4.69, 9.17) is 4.74 Å². The van der Waals surface area contributed by atoms with E-state index in [0.29, 0.717) is 0 Å². The van der Waals surface area contributed by atoms with Gasteiger partial charge < -0.3 is 9.64 Å². The molecule has 24 heavy (non-hydrogen) atoms. The van der Waals surface area contributed by atoms with Crippen molar-refractivity contribution in [3.05, 3.63) is 29.1 Å². The van der Waals surface area contributed by atoms with E-state index in [1.165, 1.54) is 25.7 Å². The summed E-state index contributed by atoms with van der Waals surface area (Å²) in [5.41, 5.74) is 2.83. The largest absolute Gasteiger partial charge is 0.372 e. The number of ether oxygens (including phenoxy) is 1. The van der Waals surface area contributed by atoms with Crippen LogP contribution < -0.4 is 4.90 Å². The highest BCUT2D eigenvalue weighted by molar-refractivity contribution is 5.56. The number of unbranched alkanes of at least 4 members (excludes halogenated alkanes) is 4. The summed E-state index contributed by atoms with van der Waals surface area (Å²) in [6.45, 7) is 10.1. The van der Waals surface area contributed by atoms with Gasteiger partial charge in [-0.15, -0.1) is 0 Å². The van der Waals surface area contributed by atoms with Gasteiger partial charge in [0.25, 0.3) is 0 Å². The molecule has 0 aliphatic carbocycles. The highest BCUT2D eigenvalue weighted by Crippen LogP contribution is 2.29. The van der Waals surface area contributed by atoms with Crippen molar-refractivity contribution in [1.82, 2.24) is 0 Å². The zero-order valence-electron chi connectivity index (χ0n) is 15.9. The SMILES string of the molecule is CCCCCCCc1ccc(N2C[C@@H](C)O[C@@H](C)C2)c(CC)c1F. The zero-order chi connectivity index (χ0) is 17.5. The first-order valence-corrected chi connectivity index (χ1v) is 9.77. The Hall–Kier alpha value is -1.09. The monoisotopic (exact) mass is 335 g/mol. The molecule has 1 aliphatic heterocycles. The Balaban J connectivity index is 2.09. The lowest BCUT2D eigenvalue weighted by Gasteiger charge is -2.38.